The van der Waals surface area contributed by atoms with Crippen molar-refractivity contribution in [2.75, 3.05) is 6.54 Å². The molecule has 0 aliphatic carbocycles. The van der Waals surface area contributed by atoms with Crippen LogP contribution in [0.25, 0.3) is 0 Å². The summed E-state index contributed by atoms with van der Waals surface area (Å²) in [6, 6.07) is 0. The summed E-state index contributed by atoms with van der Waals surface area (Å²) in [6.45, 7) is 8.53. The summed E-state index contributed by atoms with van der Waals surface area (Å²) in [4.78, 5) is 11.3. The normalized spacial score (nSPS) is 13.7. The van der Waals surface area contributed by atoms with Gasteiger partial charge in [0.1, 0.15) is 5.60 Å². The van der Waals surface area contributed by atoms with E-state index in [4.69, 9.17) is 10.5 Å². The van der Waals surface area contributed by atoms with E-state index in [0.29, 0.717) is 12.3 Å². The predicted molar refractivity (Wildman–Crippen MR) is 62.5 cm³/mol. The van der Waals surface area contributed by atoms with E-state index in [9.17, 15) is 4.79 Å². The molecule has 0 fully saturated rings. The summed E-state index contributed by atoms with van der Waals surface area (Å²) in [5.41, 5.74) is 5.15. The van der Waals surface area contributed by atoms with E-state index in [1.54, 1.807) is 0 Å². The van der Waals surface area contributed by atoms with E-state index >= 15 is 0 Å². The molecule has 0 aromatic carbocycles. The summed E-state index contributed by atoms with van der Waals surface area (Å²) in [7, 11) is 0. The van der Waals surface area contributed by atoms with Crippen LogP contribution in [0.2, 0.25) is 0 Å². The van der Waals surface area contributed by atoms with Crippen LogP contribution in [0.3, 0.4) is 0 Å². The molecule has 0 aliphatic rings. The number of nitrogens with two attached hydrogens (primary N) is 1. The minimum Gasteiger partial charge on any atom is -0.460 e. The van der Waals surface area contributed by atoms with Crippen LogP contribution in [0.5, 0.6) is 0 Å². The van der Waals surface area contributed by atoms with Gasteiger partial charge in [-0.05, 0) is 46.1 Å². The molecule has 0 saturated carbocycles. The van der Waals surface area contributed by atoms with Gasteiger partial charge in [0, 0.05) is 6.42 Å². The lowest BCUT2D eigenvalue weighted by Gasteiger charge is -2.19. The first kappa shape index (κ1) is 14.4. The van der Waals surface area contributed by atoms with Gasteiger partial charge in [0.25, 0.3) is 0 Å². The molecular formula is C12H25NO2. The van der Waals surface area contributed by atoms with Crippen molar-refractivity contribution in [3.63, 3.8) is 0 Å². The molecule has 1 atom stereocenters. The van der Waals surface area contributed by atoms with E-state index in [0.717, 1.165) is 25.8 Å². The second-order valence-corrected chi connectivity index (χ2v) is 5.17. The van der Waals surface area contributed by atoms with E-state index in [1.165, 1.54) is 0 Å². The van der Waals surface area contributed by atoms with Crippen LogP contribution in [0.1, 0.15) is 53.4 Å². The van der Waals surface area contributed by atoms with Crippen LogP contribution in [-0.4, -0.2) is 18.1 Å². The first-order valence-electron chi connectivity index (χ1n) is 5.77. The quantitative estimate of drug-likeness (QED) is 0.547. The van der Waals surface area contributed by atoms with Crippen molar-refractivity contribution >= 4 is 5.97 Å². The van der Waals surface area contributed by atoms with Crippen molar-refractivity contribution in [2.45, 2.75) is 59.0 Å². The zero-order chi connectivity index (χ0) is 11.9. The lowest BCUT2D eigenvalue weighted by molar-refractivity contribution is -0.154. The number of carbonyl (C=O) groups excluding carboxylic acids is 1. The van der Waals surface area contributed by atoms with Gasteiger partial charge in [0.2, 0.25) is 0 Å². The van der Waals surface area contributed by atoms with Crippen molar-refractivity contribution in [2.24, 2.45) is 11.7 Å². The maximum atomic E-state index is 11.3. The lowest BCUT2D eigenvalue weighted by Crippen LogP contribution is -2.23. The Kier molecular flexibility index (Phi) is 6.57. The zero-order valence-corrected chi connectivity index (χ0v) is 10.5. The summed E-state index contributed by atoms with van der Waals surface area (Å²) in [6.07, 6.45) is 3.57. The maximum absolute atomic E-state index is 11.3. The molecule has 0 heterocycles. The standard InChI is InChI=1S/C12H25NO2/c1-10(9-13)7-5-6-8-11(14)15-12(2,3)4/h10H,5-9,13H2,1-4H3. The molecule has 0 bridgehead atoms. The van der Waals surface area contributed by atoms with Crippen LogP contribution in [0, 0.1) is 5.92 Å². The second kappa shape index (κ2) is 6.83. The Balaban J connectivity index is 3.48. The molecule has 0 amide bonds. The lowest BCUT2D eigenvalue weighted by atomic mass is 10.0. The van der Waals surface area contributed by atoms with Gasteiger partial charge in [0.15, 0.2) is 0 Å². The number of ether oxygens (including phenoxy) is 1. The Morgan fingerprint density at radius 2 is 1.93 bits per heavy atom. The maximum Gasteiger partial charge on any atom is 0.306 e. The van der Waals surface area contributed by atoms with Crippen molar-refractivity contribution < 1.29 is 9.53 Å². The first-order chi connectivity index (χ1) is 6.85. The Morgan fingerprint density at radius 3 is 2.40 bits per heavy atom. The van der Waals surface area contributed by atoms with Crippen LogP contribution in [0.15, 0.2) is 0 Å². The van der Waals surface area contributed by atoms with Crippen molar-refractivity contribution in [3.05, 3.63) is 0 Å². The van der Waals surface area contributed by atoms with Gasteiger partial charge in [0.05, 0.1) is 0 Å². The highest BCUT2D eigenvalue weighted by Gasteiger charge is 2.15. The largest absolute Gasteiger partial charge is 0.460 e. The van der Waals surface area contributed by atoms with Gasteiger partial charge in [-0.3, -0.25) is 4.79 Å². The number of carbonyl (C=O) groups is 1. The summed E-state index contributed by atoms with van der Waals surface area (Å²) in [5, 5.41) is 0. The molecule has 0 spiro atoms. The Bertz CT molecular complexity index is 185. The van der Waals surface area contributed by atoms with Crippen LogP contribution >= 0.6 is 0 Å². The molecule has 90 valence electrons. The monoisotopic (exact) mass is 215 g/mol. The second-order valence-electron chi connectivity index (χ2n) is 5.17. The van der Waals surface area contributed by atoms with Crippen molar-refractivity contribution in [1.82, 2.24) is 0 Å². The third kappa shape index (κ3) is 9.73. The molecule has 3 nitrogen and oxygen atoms in total. The Labute approximate surface area is 93.4 Å². The fourth-order valence-electron chi connectivity index (χ4n) is 1.27. The Morgan fingerprint density at radius 1 is 1.33 bits per heavy atom. The highest BCUT2D eigenvalue weighted by Crippen LogP contribution is 2.12. The number of esters is 1. The van der Waals surface area contributed by atoms with Gasteiger partial charge in [-0.2, -0.15) is 0 Å². The molecule has 3 heteroatoms. The van der Waals surface area contributed by atoms with Crippen LogP contribution in [0.4, 0.5) is 0 Å². The van der Waals surface area contributed by atoms with Crippen LogP contribution in [-0.2, 0) is 9.53 Å². The fourth-order valence-corrected chi connectivity index (χ4v) is 1.27. The molecule has 0 saturated heterocycles. The first-order valence-corrected chi connectivity index (χ1v) is 5.77. The molecule has 1 unspecified atom stereocenters. The molecule has 0 rings (SSSR count). The minimum atomic E-state index is -0.359. The number of unbranched alkanes of at least 4 members (excludes halogenated alkanes) is 1. The van der Waals surface area contributed by atoms with Gasteiger partial charge in [-0.15, -0.1) is 0 Å². The number of hydrogen-bond acceptors (Lipinski definition) is 3. The topological polar surface area (TPSA) is 52.3 Å². The fraction of sp³-hybridized carbons (Fsp3) is 0.917. The molecule has 0 radical (unpaired) electrons. The van der Waals surface area contributed by atoms with Crippen molar-refractivity contribution in [1.29, 1.82) is 0 Å². The Hall–Kier alpha value is -0.570. The average Bonchev–Trinajstić information content (AvgIpc) is 2.09. The van der Waals surface area contributed by atoms with Crippen molar-refractivity contribution in [3.8, 4) is 0 Å². The van der Waals surface area contributed by atoms with Gasteiger partial charge >= 0.3 is 5.97 Å². The van der Waals surface area contributed by atoms with Gasteiger partial charge in [-0.1, -0.05) is 13.3 Å². The van der Waals surface area contributed by atoms with Gasteiger partial charge in [-0.25, -0.2) is 0 Å². The third-order valence-corrected chi connectivity index (χ3v) is 2.15. The molecule has 0 aromatic heterocycles. The highest BCUT2D eigenvalue weighted by atomic mass is 16.6. The summed E-state index contributed by atoms with van der Waals surface area (Å²) in [5.74, 6) is 0.464. The smallest absolute Gasteiger partial charge is 0.306 e. The number of rotatable bonds is 6. The third-order valence-electron chi connectivity index (χ3n) is 2.15. The highest BCUT2D eigenvalue weighted by molar-refractivity contribution is 5.69. The van der Waals surface area contributed by atoms with E-state index in [1.807, 2.05) is 20.8 Å². The SMILES string of the molecule is CC(CN)CCCCC(=O)OC(C)(C)C. The molecular weight excluding hydrogens is 190 g/mol. The zero-order valence-electron chi connectivity index (χ0n) is 10.5. The number of hydrogen-bond donors (Lipinski definition) is 1. The molecule has 2 N–H and O–H groups in total. The minimum absolute atomic E-state index is 0.0945. The average molecular weight is 215 g/mol. The van der Waals surface area contributed by atoms with Crippen LogP contribution < -0.4 is 5.73 Å². The predicted octanol–water partition coefficient (Wildman–Crippen LogP) is 2.48. The van der Waals surface area contributed by atoms with E-state index in [-0.39, 0.29) is 11.6 Å². The molecule has 15 heavy (non-hydrogen) atoms. The summed E-state index contributed by atoms with van der Waals surface area (Å²) < 4.78 is 5.21. The molecule has 0 aliphatic heterocycles. The van der Waals surface area contributed by atoms with E-state index in [2.05, 4.69) is 6.92 Å². The van der Waals surface area contributed by atoms with E-state index < -0.39 is 0 Å². The van der Waals surface area contributed by atoms with Gasteiger partial charge < -0.3 is 10.5 Å². The summed E-state index contributed by atoms with van der Waals surface area (Å²) >= 11 is 0. The molecule has 0 aromatic rings.